The predicted octanol–water partition coefficient (Wildman–Crippen LogP) is 17.3. The fourth-order valence-corrected chi connectivity index (χ4v) is 19.5. The number of thiazole rings is 3. The second-order valence-electron chi connectivity index (χ2n) is 26.5. The number of hydrogen-bond donors (Lipinski definition) is 3. The maximum absolute atomic E-state index is 6.20. The van der Waals surface area contributed by atoms with Gasteiger partial charge in [0, 0.05) is 86.2 Å². The number of hydrogen-bond acceptors (Lipinski definition) is 27. The molecule has 6 aromatic heterocycles. The highest BCUT2D eigenvalue weighted by Gasteiger charge is 2.26. The van der Waals surface area contributed by atoms with Gasteiger partial charge in [0.25, 0.3) is 0 Å². The normalized spacial score (nSPS) is 14.9. The second kappa shape index (κ2) is 40.2. The number of thioether (sulfide) groups is 3. The minimum Gasteiger partial charge on any atom is -0.493 e. The largest absolute Gasteiger partial charge is 0.493 e. The van der Waals surface area contributed by atoms with Gasteiger partial charge in [-0.2, -0.15) is 0 Å². The molecule has 0 radical (unpaired) electrons. The minimum atomic E-state index is 0.108. The minimum absolute atomic E-state index is 0.108. The van der Waals surface area contributed by atoms with Crippen LogP contribution < -0.4 is 45.6 Å². The Labute approximate surface area is 645 Å². The van der Waals surface area contributed by atoms with Crippen LogP contribution in [0.25, 0.3) is 31.7 Å². The molecular formula is C78H105N15O6S6. The van der Waals surface area contributed by atoms with Crippen LogP contribution in [0.3, 0.4) is 0 Å². The number of nitrogen functional groups attached to an aromatic ring is 3. The van der Waals surface area contributed by atoms with E-state index in [1.54, 1.807) is 109 Å². The van der Waals surface area contributed by atoms with E-state index in [0.717, 1.165) is 159 Å². The number of ether oxygens (including phenoxy) is 6. The fraction of sp³-hybridized carbons (Fsp3) is 0.500. The highest BCUT2D eigenvalue weighted by Crippen LogP contribution is 2.45. The molecule has 6 N–H and O–H groups in total. The molecule has 105 heavy (non-hydrogen) atoms. The lowest BCUT2D eigenvalue weighted by atomic mass is 10.1. The third kappa shape index (κ3) is 23.2. The fourth-order valence-electron chi connectivity index (χ4n) is 12.5. The van der Waals surface area contributed by atoms with Crippen molar-refractivity contribution < 1.29 is 28.4 Å². The third-order valence-electron chi connectivity index (χ3n) is 18.0. The van der Waals surface area contributed by atoms with Crippen LogP contribution >= 0.6 is 69.3 Å². The van der Waals surface area contributed by atoms with Crippen molar-refractivity contribution in [3.63, 3.8) is 0 Å². The van der Waals surface area contributed by atoms with Gasteiger partial charge >= 0.3 is 0 Å². The Bertz CT molecular complexity index is 4180. The van der Waals surface area contributed by atoms with Gasteiger partial charge < -0.3 is 45.6 Å². The molecular weight excluding hydrogens is 1440 g/mol. The van der Waals surface area contributed by atoms with Crippen LogP contribution in [0.4, 0.5) is 17.5 Å². The Morgan fingerprint density at radius 2 is 0.667 bits per heavy atom. The van der Waals surface area contributed by atoms with E-state index in [9.17, 15) is 0 Å². The van der Waals surface area contributed by atoms with Gasteiger partial charge in [0.2, 0.25) is 0 Å². The molecule has 3 aromatic carbocycles. The SMILES string of the molecule is CCCc1sc(-c2ccc(OC)c(OCCN3CCC3)c2)nc1C(C)Sc1nc(C)cc(N)n1.CCCc1sc(-c2ccc(OC)c(OCCN3CCCC3)c2)nc1C(C)Sc1nc(C)cc(N)n1.CCCc1sc(-c2ccc(OC)c(OCCN3CCCCC3)c2)nc1C(C)Sc1nc(C)cc(N)n1. The third-order valence-corrected chi connectivity index (χ3v) is 24.4. The number of rotatable bonds is 33. The van der Waals surface area contributed by atoms with E-state index in [4.69, 9.17) is 60.6 Å². The summed E-state index contributed by atoms with van der Waals surface area (Å²) in [6, 6.07) is 23.6. The number of nitrogens with two attached hydrogens (primary N) is 3. The Hall–Kier alpha value is -7.08. The topological polar surface area (TPSA) is 259 Å². The van der Waals surface area contributed by atoms with Crippen molar-refractivity contribution in [2.75, 3.05) is 117 Å². The van der Waals surface area contributed by atoms with Crippen molar-refractivity contribution in [2.24, 2.45) is 0 Å². The molecule has 3 aliphatic heterocycles. The Morgan fingerprint density at radius 3 is 0.924 bits per heavy atom. The highest BCUT2D eigenvalue weighted by molar-refractivity contribution is 7.99. The quantitative estimate of drug-likeness (QED) is 0.0255. The van der Waals surface area contributed by atoms with Crippen LogP contribution in [0.15, 0.2) is 88.3 Å². The van der Waals surface area contributed by atoms with Crippen molar-refractivity contribution >= 4 is 86.7 Å². The van der Waals surface area contributed by atoms with Crippen molar-refractivity contribution in [1.29, 1.82) is 0 Å². The van der Waals surface area contributed by atoms with Gasteiger partial charge in [-0.05, 0) is 187 Å². The Morgan fingerprint density at radius 1 is 0.381 bits per heavy atom. The van der Waals surface area contributed by atoms with Gasteiger partial charge in [-0.15, -0.1) is 34.0 Å². The van der Waals surface area contributed by atoms with Gasteiger partial charge in [-0.3, -0.25) is 14.7 Å². The van der Waals surface area contributed by atoms with E-state index in [1.807, 2.05) is 39.0 Å². The second-order valence-corrected chi connectivity index (χ2v) is 33.6. The molecule has 3 atom stereocenters. The standard InChI is InChI=1S/C27H37N5O2S2.C26H35N5O2S2.C25H33N5O2S2/c1-5-9-23-25(19(3)35-27-29-18(2)16-24(28)30-27)31-26(36-23)20-10-11-21(33-4)22(17-20)34-15-14-32-12-7-6-8-13-32;1-5-8-22-24(18(3)34-26-28-17(2)15-23(27)29-26)30-25(35-22)19-9-10-20(32-4)21(16-19)33-14-13-31-11-6-7-12-31;1-5-7-21-23(17(3)33-25-27-16(2)14-22(26)28-25)29-24(34-21)18-8-9-19(31-4)20(15-18)32-13-12-30-10-6-11-30/h10-11,16-17,19H,5-9,12-15H2,1-4H3,(H2,28,29,30);9-10,15-16,18H,5-8,11-14H2,1-4H3,(H2,27,28,29);8-9,14-15,17H,5-7,10-13H2,1-4H3,(H2,26,27,28). The summed E-state index contributed by atoms with van der Waals surface area (Å²) in [7, 11) is 5.05. The van der Waals surface area contributed by atoms with E-state index < -0.39 is 0 Å². The first-order chi connectivity index (χ1) is 50.9. The number of nitrogens with zero attached hydrogens (tertiary/aromatic N) is 12. The number of aromatic nitrogens is 9. The molecule has 3 fully saturated rings. The predicted molar refractivity (Wildman–Crippen MR) is 434 cm³/mol. The zero-order valence-electron chi connectivity index (χ0n) is 63.1. The summed E-state index contributed by atoms with van der Waals surface area (Å²) in [5.41, 5.74) is 26.8. The smallest absolute Gasteiger partial charge is 0.190 e. The van der Waals surface area contributed by atoms with E-state index in [2.05, 4.69) is 123 Å². The van der Waals surface area contributed by atoms with Crippen LogP contribution in [0.1, 0.15) is 164 Å². The molecule has 3 saturated heterocycles. The molecule has 21 nitrogen and oxygen atoms in total. The summed E-state index contributed by atoms with van der Waals surface area (Å²) < 4.78 is 35.2. The van der Waals surface area contributed by atoms with Crippen LogP contribution in [-0.2, 0) is 19.3 Å². The summed E-state index contributed by atoms with van der Waals surface area (Å²) >= 11 is 10.1. The molecule has 12 rings (SSSR count). The summed E-state index contributed by atoms with van der Waals surface area (Å²) in [5.74, 6) is 6.04. The molecule has 3 aliphatic rings. The van der Waals surface area contributed by atoms with E-state index in [1.165, 1.54) is 92.4 Å². The van der Waals surface area contributed by atoms with Crippen molar-refractivity contribution in [2.45, 2.75) is 171 Å². The van der Waals surface area contributed by atoms with Gasteiger partial charge in [-0.25, -0.2) is 44.9 Å². The lowest BCUT2D eigenvalue weighted by molar-refractivity contribution is 0.145. The summed E-state index contributed by atoms with van der Waals surface area (Å²) in [6.45, 7) is 30.6. The molecule has 9 aromatic rings. The first-order valence-corrected chi connectivity index (χ1v) is 41.9. The van der Waals surface area contributed by atoms with Crippen molar-refractivity contribution in [3.8, 4) is 66.2 Å². The number of likely N-dealkylation sites (tertiary alicyclic amines) is 3. The van der Waals surface area contributed by atoms with Gasteiger partial charge in [0.1, 0.15) is 52.3 Å². The van der Waals surface area contributed by atoms with Crippen molar-refractivity contribution in [3.05, 3.63) is 122 Å². The molecule has 0 amide bonds. The van der Waals surface area contributed by atoms with E-state index in [-0.39, 0.29) is 15.7 Å². The molecule has 27 heteroatoms. The molecule has 3 unspecified atom stereocenters. The zero-order chi connectivity index (χ0) is 74.4. The summed E-state index contributed by atoms with van der Waals surface area (Å²) in [4.78, 5) is 53.3. The Balaban J connectivity index is 0.000000169. The van der Waals surface area contributed by atoms with Crippen molar-refractivity contribution in [1.82, 2.24) is 59.6 Å². The molecule has 9 heterocycles. The van der Waals surface area contributed by atoms with E-state index in [0.29, 0.717) is 52.7 Å². The molecule has 0 saturated carbocycles. The Kier molecular flexibility index (Phi) is 30.8. The number of anilines is 3. The molecule has 0 spiro atoms. The molecule has 564 valence electrons. The van der Waals surface area contributed by atoms with Crippen LogP contribution in [0.5, 0.6) is 34.5 Å². The average Bonchev–Trinajstić information content (AvgIpc) is 1.68. The highest BCUT2D eigenvalue weighted by atomic mass is 32.2. The zero-order valence-corrected chi connectivity index (χ0v) is 68.0. The lowest BCUT2D eigenvalue weighted by Gasteiger charge is -2.30. The van der Waals surface area contributed by atoms with Crippen LogP contribution in [0, 0.1) is 20.8 Å². The van der Waals surface area contributed by atoms with E-state index >= 15 is 0 Å². The maximum Gasteiger partial charge on any atom is 0.190 e. The van der Waals surface area contributed by atoms with Gasteiger partial charge in [-0.1, -0.05) is 81.7 Å². The molecule has 0 bridgehead atoms. The monoisotopic (exact) mass is 1540 g/mol. The number of piperidine rings is 1. The van der Waals surface area contributed by atoms with Gasteiger partial charge in [0.05, 0.1) is 54.2 Å². The molecule has 0 aliphatic carbocycles. The van der Waals surface area contributed by atoms with Crippen LogP contribution in [-0.4, -0.2) is 160 Å². The van der Waals surface area contributed by atoms with Crippen LogP contribution in [0.2, 0.25) is 0 Å². The summed E-state index contributed by atoms with van der Waals surface area (Å²) in [6.07, 6.45) is 13.9. The maximum atomic E-state index is 6.20. The summed E-state index contributed by atoms with van der Waals surface area (Å²) in [5, 5.41) is 5.36. The first-order valence-electron chi connectivity index (χ1n) is 36.8. The number of benzene rings is 3. The number of aryl methyl sites for hydroxylation is 6. The first kappa shape index (κ1) is 80.5. The lowest BCUT2D eigenvalue weighted by Crippen LogP contribution is -2.39. The number of methoxy groups -OCH3 is 3. The van der Waals surface area contributed by atoms with Gasteiger partial charge in [0.15, 0.2) is 50.0 Å². The average molecular weight is 1540 g/mol.